The number of fused-ring (bicyclic) bond motifs is 4. The standard InChI is InChI=1S/C27H31FN6O2S/c1-33(2)27(35)16-4-5-20-23(10-16)37-26-24(20)25(30-15-31-26)32-21-8-17-11-29-12-18(17)9-22(21)36-7-3-6-34-13-19(28)14-34/h8-9,11,15-16,19H,3-7,10,12-14H2,1-2H3,(H,30,31,32)/t16-/m0/s1. The lowest BCUT2D eigenvalue weighted by atomic mass is 9.87. The van der Waals surface area contributed by atoms with Crippen molar-refractivity contribution in [1.29, 1.82) is 0 Å². The molecule has 37 heavy (non-hydrogen) atoms. The van der Waals surface area contributed by atoms with Crippen LogP contribution in [-0.4, -0.2) is 78.4 Å². The van der Waals surface area contributed by atoms with Crippen LogP contribution in [0.25, 0.3) is 10.2 Å². The van der Waals surface area contributed by atoms with Crippen molar-refractivity contribution < 1.29 is 13.9 Å². The lowest BCUT2D eigenvalue weighted by molar-refractivity contribution is -0.133. The maximum Gasteiger partial charge on any atom is 0.225 e. The Balaban J connectivity index is 1.25. The quantitative estimate of drug-likeness (QED) is 0.451. The van der Waals surface area contributed by atoms with Crippen LogP contribution < -0.4 is 10.1 Å². The van der Waals surface area contributed by atoms with Crippen LogP contribution in [0.4, 0.5) is 15.9 Å². The summed E-state index contributed by atoms with van der Waals surface area (Å²) in [6.07, 6.45) is 6.05. The van der Waals surface area contributed by atoms with Crippen LogP contribution in [0.5, 0.6) is 5.75 Å². The minimum Gasteiger partial charge on any atom is -0.491 e. The number of likely N-dealkylation sites (tertiary alicyclic amines) is 1. The summed E-state index contributed by atoms with van der Waals surface area (Å²) in [6, 6.07) is 4.13. The van der Waals surface area contributed by atoms with Crippen LogP contribution in [0.2, 0.25) is 0 Å². The molecule has 6 rings (SSSR count). The van der Waals surface area contributed by atoms with Crippen molar-refractivity contribution in [2.24, 2.45) is 10.9 Å². The van der Waals surface area contributed by atoms with Gasteiger partial charge in [-0.2, -0.15) is 0 Å². The van der Waals surface area contributed by atoms with Crippen molar-refractivity contribution in [2.45, 2.75) is 38.4 Å². The van der Waals surface area contributed by atoms with Gasteiger partial charge in [-0.1, -0.05) is 0 Å². The van der Waals surface area contributed by atoms with Gasteiger partial charge in [-0.25, -0.2) is 14.4 Å². The van der Waals surface area contributed by atoms with Gasteiger partial charge in [0.1, 0.15) is 28.9 Å². The molecule has 0 saturated carbocycles. The minimum atomic E-state index is -0.680. The van der Waals surface area contributed by atoms with Gasteiger partial charge in [0.2, 0.25) is 5.91 Å². The molecule has 0 spiro atoms. The van der Waals surface area contributed by atoms with E-state index in [1.54, 1.807) is 22.6 Å². The molecule has 3 aliphatic rings. The Hall–Kier alpha value is -3.11. The number of rotatable bonds is 8. The van der Waals surface area contributed by atoms with E-state index in [0.717, 1.165) is 70.8 Å². The van der Waals surface area contributed by atoms with Crippen molar-refractivity contribution in [3.05, 3.63) is 40.0 Å². The normalized spacial score (nSPS) is 18.9. The van der Waals surface area contributed by atoms with Gasteiger partial charge in [-0.3, -0.25) is 14.7 Å². The lowest BCUT2D eigenvalue weighted by Gasteiger charge is -2.34. The topological polar surface area (TPSA) is 83.0 Å². The van der Waals surface area contributed by atoms with Gasteiger partial charge in [0.15, 0.2) is 0 Å². The van der Waals surface area contributed by atoms with Crippen molar-refractivity contribution in [2.75, 3.05) is 45.7 Å². The van der Waals surface area contributed by atoms with Gasteiger partial charge in [0.05, 0.1) is 24.2 Å². The number of benzene rings is 1. The van der Waals surface area contributed by atoms with Crippen LogP contribution in [0.3, 0.4) is 0 Å². The molecule has 1 atom stereocenters. The first kappa shape index (κ1) is 24.2. The molecule has 1 saturated heterocycles. The Morgan fingerprint density at radius 2 is 2.16 bits per heavy atom. The first-order valence-electron chi connectivity index (χ1n) is 12.9. The largest absolute Gasteiger partial charge is 0.491 e. The molecule has 1 N–H and O–H groups in total. The number of carbonyl (C=O) groups is 1. The number of nitrogens with zero attached hydrogens (tertiary/aromatic N) is 5. The van der Waals surface area contributed by atoms with Gasteiger partial charge in [-0.15, -0.1) is 11.3 Å². The Morgan fingerprint density at radius 3 is 2.97 bits per heavy atom. The molecule has 10 heteroatoms. The Bertz CT molecular complexity index is 1370. The third-order valence-electron chi connectivity index (χ3n) is 7.41. The number of amides is 1. The van der Waals surface area contributed by atoms with Crippen LogP contribution >= 0.6 is 11.3 Å². The first-order valence-corrected chi connectivity index (χ1v) is 13.7. The molecule has 1 aromatic carbocycles. The molecule has 0 bridgehead atoms. The summed E-state index contributed by atoms with van der Waals surface area (Å²) in [7, 11) is 3.64. The number of hydrogen-bond donors (Lipinski definition) is 1. The fourth-order valence-electron chi connectivity index (χ4n) is 5.42. The molecule has 2 aromatic heterocycles. The second kappa shape index (κ2) is 9.98. The maximum absolute atomic E-state index is 13.1. The predicted octanol–water partition coefficient (Wildman–Crippen LogP) is 3.98. The second-order valence-corrected chi connectivity index (χ2v) is 11.4. The van der Waals surface area contributed by atoms with Gasteiger partial charge in [0.25, 0.3) is 0 Å². The van der Waals surface area contributed by atoms with Crippen LogP contribution in [0.1, 0.15) is 34.4 Å². The van der Waals surface area contributed by atoms with Gasteiger partial charge < -0.3 is 15.0 Å². The van der Waals surface area contributed by atoms with Crippen LogP contribution in [0, 0.1) is 5.92 Å². The van der Waals surface area contributed by atoms with Gasteiger partial charge >= 0.3 is 0 Å². The highest BCUT2D eigenvalue weighted by Gasteiger charge is 2.30. The molecule has 194 valence electrons. The Labute approximate surface area is 219 Å². The molecule has 8 nitrogen and oxygen atoms in total. The zero-order chi connectivity index (χ0) is 25.5. The van der Waals surface area contributed by atoms with Crippen molar-refractivity contribution in [3.8, 4) is 5.75 Å². The number of aryl methyl sites for hydroxylation is 1. The zero-order valence-electron chi connectivity index (χ0n) is 21.2. The third-order valence-corrected chi connectivity index (χ3v) is 8.57. The molecule has 1 aliphatic carbocycles. The number of aromatic nitrogens is 2. The predicted molar refractivity (Wildman–Crippen MR) is 144 cm³/mol. The van der Waals surface area contributed by atoms with E-state index in [9.17, 15) is 9.18 Å². The smallest absolute Gasteiger partial charge is 0.225 e. The van der Waals surface area contributed by atoms with Crippen molar-refractivity contribution >= 4 is 45.2 Å². The fourth-order valence-corrected chi connectivity index (χ4v) is 6.69. The summed E-state index contributed by atoms with van der Waals surface area (Å²) in [5, 5.41) is 4.58. The zero-order valence-corrected chi connectivity index (χ0v) is 22.0. The van der Waals surface area contributed by atoms with E-state index >= 15 is 0 Å². The second-order valence-electron chi connectivity index (χ2n) is 10.3. The fraction of sp³-hybridized carbons (Fsp3) is 0.481. The number of thiophene rings is 1. The number of nitrogens with one attached hydrogen (secondary N) is 1. The highest BCUT2D eigenvalue weighted by molar-refractivity contribution is 7.19. The molecule has 1 amide bonds. The summed E-state index contributed by atoms with van der Waals surface area (Å²) in [4.78, 5) is 32.1. The van der Waals surface area contributed by atoms with Gasteiger partial charge in [0, 0.05) is 50.7 Å². The molecule has 2 aliphatic heterocycles. The van der Waals surface area contributed by atoms with E-state index < -0.39 is 6.17 Å². The molecule has 1 fully saturated rings. The Kier molecular flexibility index (Phi) is 6.54. The monoisotopic (exact) mass is 522 g/mol. The number of halogens is 1. The van der Waals surface area contributed by atoms with Crippen molar-refractivity contribution in [1.82, 2.24) is 19.8 Å². The number of alkyl halides is 1. The van der Waals surface area contributed by atoms with Crippen LogP contribution in [0.15, 0.2) is 23.5 Å². The summed E-state index contributed by atoms with van der Waals surface area (Å²) >= 11 is 1.66. The highest BCUT2D eigenvalue weighted by Crippen LogP contribution is 2.42. The van der Waals surface area contributed by atoms with Crippen LogP contribution in [-0.2, 0) is 24.2 Å². The molecule has 3 aromatic rings. The highest BCUT2D eigenvalue weighted by atomic mass is 32.1. The summed E-state index contributed by atoms with van der Waals surface area (Å²) in [5.41, 5.74) is 4.31. The van der Waals surface area contributed by atoms with E-state index in [0.29, 0.717) is 26.2 Å². The average Bonchev–Trinajstić information content (AvgIpc) is 3.48. The molecular weight excluding hydrogens is 491 g/mol. The lowest BCUT2D eigenvalue weighted by Crippen LogP contribution is -2.48. The molecule has 0 radical (unpaired) electrons. The summed E-state index contributed by atoms with van der Waals surface area (Å²) in [5.74, 6) is 1.73. The number of carbonyl (C=O) groups excluding carboxylic acids is 1. The number of anilines is 2. The average molecular weight is 523 g/mol. The number of hydrogen-bond acceptors (Lipinski definition) is 8. The maximum atomic E-state index is 13.1. The van der Waals surface area contributed by atoms with Gasteiger partial charge in [-0.05, 0) is 54.5 Å². The third kappa shape index (κ3) is 4.80. The molecule has 0 unspecified atom stereocenters. The number of aliphatic imine (C=N–C) groups is 1. The SMILES string of the molecule is CN(C)C(=O)[C@H]1CCc2c(sc3ncnc(Nc4cc5c(cc4OCCCN4CC(F)C4)CN=C5)c23)C1. The molecule has 4 heterocycles. The van der Waals surface area contributed by atoms with E-state index in [2.05, 4.69) is 37.3 Å². The first-order chi connectivity index (χ1) is 18.0. The van der Waals surface area contributed by atoms with E-state index in [1.165, 1.54) is 10.4 Å². The van der Waals surface area contributed by atoms with E-state index in [1.807, 2.05) is 20.3 Å². The number of ether oxygens (including phenoxy) is 1. The molecular formula is C27H31FN6O2S. The summed E-state index contributed by atoms with van der Waals surface area (Å²) < 4.78 is 19.3. The van der Waals surface area contributed by atoms with E-state index in [4.69, 9.17) is 4.74 Å². The Morgan fingerprint density at radius 1 is 1.30 bits per heavy atom. The van der Waals surface area contributed by atoms with E-state index in [-0.39, 0.29) is 11.8 Å². The summed E-state index contributed by atoms with van der Waals surface area (Å²) in [6.45, 7) is 3.10. The van der Waals surface area contributed by atoms with Crippen molar-refractivity contribution in [3.63, 3.8) is 0 Å². The minimum absolute atomic E-state index is 0.0167.